The number of nitriles is 1. The van der Waals surface area contributed by atoms with Crippen molar-refractivity contribution >= 4 is 6.09 Å². The summed E-state index contributed by atoms with van der Waals surface area (Å²) in [6, 6.07) is 8.84. The van der Waals surface area contributed by atoms with E-state index in [2.05, 4.69) is 0 Å². The van der Waals surface area contributed by atoms with Crippen molar-refractivity contribution in [1.82, 2.24) is 4.90 Å². The van der Waals surface area contributed by atoms with E-state index in [9.17, 15) is 9.18 Å². The SMILES string of the molecule is CC(C)(C)OC(=O)N(CCF)Cc1ccc(C#N)cc1. The van der Waals surface area contributed by atoms with Gasteiger partial charge in [-0.05, 0) is 38.5 Å². The van der Waals surface area contributed by atoms with Gasteiger partial charge in [0.05, 0.1) is 18.2 Å². The molecule has 108 valence electrons. The number of hydrogen-bond acceptors (Lipinski definition) is 3. The molecule has 0 aliphatic heterocycles. The number of ether oxygens (including phenoxy) is 1. The smallest absolute Gasteiger partial charge is 0.410 e. The number of carbonyl (C=O) groups excluding carboxylic acids is 1. The number of carbonyl (C=O) groups is 1. The minimum Gasteiger partial charge on any atom is -0.444 e. The second kappa shape index (κ2) is 6.90. The van der Waals surface area contributed by atoms with E-state index < -0.39 is 18.4 Å². The average Bonchev–Trinajstić information content (AvgIpc) is 2.37. The summed E-state index contributed by atoms with van der Waals surface area (Å²) in [4.78, 5) is 13.3. The Labute approximate surface area is 118 Å². The molecule has 0 saturated carbocycles. The third-order valence-corrected chi connectivity index (χ3v) is 2.46. The fourth-order valence-electron chi connectivity index (χ4n) is 1.57. The molecule has 0 aromatic heterocycles. The molecular weight excluding hydrogens is 259 g/mol. The summed E-state index contributed by atoms with van der Waals surface area (Å²) >= 11 is 0. The van der Waals surface area contributed by atoms with Crippen LogP contribution in [-0.2, 0) is 11.3 Å². The number of alkyl halides is 1. The maximum absolute atomic E-state index is 12.6. The molecule has 20 heavy (non-hydrogen) atoms. The standard InChI is InChI=1S/C15H19FN2O2/c1-15(2,3)20-14(19)18(9-8-16)11-13-6-4-12(10-17)5-7-13/h4-7H,8-9,11H2,1-3H3. The Hall–Kier alpha value is -2.09. The molecule has 0 unspecified atom stereocenters. The normalized spacial score (nSPS) is 10.8. The van der Waals surface area contributed by atoms with E-state index in [1.54, 1.807) is 45.0 Å². The third-order valence-electron chi connectivity index (χ3n) is 2.46. The minimum atomic E-state index is -0.629. The molecule has 0 spiro atoms. The van der Waals surface area contributed by atoms with Crippen LogP contribution in [0.15, 0.2) is 24.3 Å². The molecule has 4 nitrogen and oxygen atoms in total. The van der Waals surface area contributed by atoms with Crippen LogP contribution < -0.4 is 0 Å². The monoisotopic (exact) mass is 278 g/mol. The van der Waals surface area contributed by atoms with E-state index >= 15 is 0 Å². The molecule has 1 aromatic rings. The lowest BCUT2D eigenvalue weighted by Gasteiger charge is -2.26. The molecule has 1 amide bonds. The number of nitrogens with zero attached hydrogens (tertiary/aromatic N) is 2. The minimum absolute atomic E-state index is 0.0189. The van der Waals surface area contributed by atoms with Gasteiger partial charge in [0.1, 0.15) is 12.3 Å². The Balaban J connectivity index is 2.75. The van der Waals surface area contributed by atoms with Gasteiger partial charge < -0.3 is 9.64 Å². The van der Waals surface area contributed by atoms with Crippen molar-refractivity contribution in [2.45, 2.75) is 32.9 Å². The Bertz CT molecular complexity index is 486. The van der Waals surface area contributed by atoms with Gasteiger partial charge in [-0.25, -0.2) is 9.18 Å². The topological polar surface area (TPSA) is 53.3 Å². The summed E-state index contributed by atoms with van der Waals surface area (Å²) in [5.41, 5.74) is 0.752. The van der Waals surface area contributed by atoms with Crippen LogP contribution in [0.5, 0.6) is 0 Å². The fraction of sp³-hybridized carbons (Fsp3) is 0.467. The highest BCUT2D eigenvalue weighted by Gasteiger charge is 2.22. The Morgan fingerprint density at radius 1 is 1.35 bits per heavy atom. The zero-order valence-electron chi connectivity index (χ0n) is 12.0. The van der Waals surface area contributed by atoms with E-state index in [4.69, 9.17) is 10.00 Å². The van der Waals surface area contributed by atoms with E-state index in [1.807, 2.05) is 6.07 Å². The summed E-state index contributed by atoms with van der Waals surface area (Å²) in [6.07, 6.45) is -0.542. The van der Waals surface area contributed by atoms with Crippen LogP contribution >= 0.6 is 0 Å². The van der Waals surface area contributed by atoms with E-state index in [0.717, 1.165) is 5.56 Å². The molecule has 1 rings (SSSR count). The fourth-order valence-corrected chi connectivity index (χ4v) is 1.57. The van der Waals surface area contributed by atoms with E-state index in [1.165, 1.54) is 4.90 Å². The molecule has 0 aliphatic rings. The molecule has 0 radical (unpaired) electrons. The highest BCUT2D eigenvalue weighted by molar-refractivity contribution is 5.68. The van der Waals surface area contributed by atoms with Crippen molar-refractivity contribution in [2.24, 2.45) is 0 Å². The van der Waals surface area contributed by atoms with Gasteiger partial charge in [0.2, 0.25) is 0 Å². The number of hydrogen-bond donors (Lipinski definition) is 0. The molecule has 0 fully saturated rings. The molecule has 0 atom stereocenters. The maximum atomic E-state index is 12.6. The molecule has 1 aromatic carbocycles. The number of amides is 1. The molecular formula is C15H19FN2O2. The number of benzene rings is 1. The van der Waals surface area contributed by atoms with Crippen LogP contribution in [0.2, 0.25) is 0 Å². The van der Waals surface area contributed by atoms with Crippen molar-refractivity contribution in [3.63, 3.8) is 0 Å². The lowest BCUT2D eigenvalue weighted by molar-refractivity contribution is 0.0222. The number of halogens is 1. The largest absolute Gasteiger partial charge is 0.444 e. The summed E-state index contributed by atoms with van der Waals surface area (Å²) < 4.78 is 17.8. The summed E-state index contributed by atoms with van der Waals surface area (Å²) in [5, 5.41) is 8.73. The quantitative estimate of drug-likeness (QED) is 0.849. The molecule has 0 N–H and O–H groups in total. The summed E-state index contributed by atoms with van der Waals surface area (Å²) in [6.45, 7) is 4.90. The van der Waals surface area contributed by atoms with Crippen LogP contribution in [0.3, 0.4) is 0 Å². The predicted octanol–water partition coefficient (Wildman–Crippen LogP) is 3.26. The van der Waals surface area contributed by atoms with Crippen LogP contribution in [0.1, 0.15) is 31.9 Å². The van der Waals surface area contributed by atoms with Gasteiger partial charge in [-0.3, -0.25) is 0 Å². The lowest BCUT2D eigenvalue weighted by Crippen LogP contribution is -2.37. The first-order valence-electron chi connectivity index (χ1n) is 6.38. The average molecular weight is 278 g/mol. The molecule has 0 heterocycles. The van der Waals surface area contributed by atoms with Gasteiger partial charge >= 0.3 is 6.09 Å². The summed E-state index contributed by atoms with van der Waals surface area (Å²) in [5.74, 6) is 0. The highest BCUT2D eigenvalue weighted by Crippen LogP contribution is 2.13. The first kappa shape index (κ1) is 16.0. The van der Waals surface area contributed by atoms with E-state index in [0.29, 0.717) is 5.56 Å². The zero-order chi connectivity index (χ0) is 15.2. The van der Waals surface area contributed by atoms with Crippen LogP contribution in [0.25, 0.3) is 0 Å². The van der Waals surface area contributed by atoms with Crippen LogP contribution in [-0.4, -0.2) is 29.8 Å². The molecule has 0 aliphatic carbocycles. The Morgan fingerprint density at radius 3 is 2.40 bits per heavy atom. The predicted molar refractivity (Wildman–Crippen MR) is 73.8 cm³/mol. The van der Waals surface area contributed by atoms with Gasteiger partial charge in [-0.1, -0.05) is 12.1 Å². The first-order valence-corrected chi connectivity index (χ1v) is 6.38. The van der Waals surface area contributed by atoms with Crippen molar-refractivity contribution in [3.05, 3.63) is 35.4 Å². The van der Waals surface area contributed by atoms with Crippen LogP contribution in [0.4, 0.5) is 9.18 Å². The Morgan fingerprint density at radius 2 is 1.95 bits per heavy atom. The van der Waals surface area contributed by atoms with Crippen molar-refractivity contribution in [3.8, 4) is 6.07 Å². The molecule has 5 heteroatoms. The zero-order valence-corrected chi connectivity index (χ0v) is 12.0. The molecule has 0 saturated heterocycles. The van der Waals surface area contributed by atoms with Gasteiger partial charge in [-0.2, -0.15) is 5.26 Å². The van der Waals surface area contributed by atoms with Gasteiger partial charge in [0.25, 0.3) is 0 Å². The van der Waals surface area contributed by atoms with Gasteiger partial charge in [0.15, 0.2) is 0 Å². The second-order valence-corrected chi connectivity index (χ2v) is 5.40. The third kappa shape index (κ3) is 5.27. The van der Waals surface area contributed by atoms with Crippen molar-refractivity contribution < 1.29 is 13.9 Å². The van der Waals surface area contributed by atoms with E-state index in [-0.39, 0.29) is 13.1 Å². The Kier molecular flexibility index (Phi) is 5.51. The second-order valence-electron chi connectivity index (χ2n) is 5.40. The van der Waals surface area contributed by atoms with Crippen LogP contribution in [0, 0.1) is 11.3 Å². The van der Waals surface area contributed by atoms with Gasteiger partial charge in [-0.15, -0.1) is 0 Å². The van der Waals surface area contributed by atoms with Crippen molar-refractivity contribution in [1.29, 1.82) is 5.26 Å². The maximum Gasteiger partial charge on any atom is 0.410 e. The van der Waals surface area contributed by atoms with Gasteiger partial charge in [0, 0.05) is 6.54 Å². The summed E-state index contributed by atoms with van der Waals surface area (Å²) in [7, 11) is 0. The highest BCUT2D eigenvalue weighted by atomic mass is 19.1. The lowest BCUT2D eigenvalue weighted by atomic mass is 10.1. The number of rotatable bonds is 4. The molecule has 0 bridgehead atoms. The van der Waals surface area contributed by atoms with Crippen molar-refractivity contribution in [2.75, 3.05) is 13.2 Å². The first-order chi connectivity index (χ1) is 9.35.